The van der Waals surface area contributed by atoms with Gasteiger partial charge in [-0.2, -0.15) is 0 Å². The fourth-order valence-electron chi connectivity index (χ4n) is 3.40. The lowest BCUT2D eigenvalue weighted by Gasteiger charge is -2.40. The van der Waals surface area contributed by atoms with Crippen LogP contribution in [0.2, 0.25) is 0 Å². The number of nitrogens with zero attached hydrogens (tertiary/aromatic N) is 1. The molecule has 1 atom stereocenters. The van der Waals surface area contributed by atoms with Crippen LogP contribution < -0.4 is 10.5 Å². The molecule has 3 N–H and O–H groups in total. The Balaban J connectivity index is 1.92. The molecule has 0 radical (unpaired) electrons. The zero-order valence-electron chi connectivity index (χ0n) is 12.8. The van der Waals surface area contributed by atoms with Gasteiger partial charge in [-0.3, -0.25) is 4.79 Å². The number of piperidine rings is 1. The summed E-state index contributed by atoms with van der Waals surface area (Å²) in [6, 6.07) is 0. The summed E-state index contributed by atoms with van der Waals surface area (Å²) in [5.74, 6) is 0.246. The number of sulfonamides is 1. The molecular weight excluding hydrogens is 290 g/mol. The van der Waals surface area contributed by atoms with E-state index in [1.807, 2.05) is 4.90 Å². The Hall–Kier alpha value is -0.660. The summed E-state index contributed by atoms with van der Waals surface area (Å²) >= 11 is 0. The third-order valence-electron chi connectivity index (χ3n) is 4.61. The number of likely N-dealkylation sites (tertiary alicyclic amines) is 1. The molecule has 1 saturated heterocycles. The minimum Gasteiger partial charge on any atom is -0.341 e. The molecule has 6 nitrogen and oxygen atoms in total. The van der Waals surface area contributed by atoms with Gasteiger partial charge in [0.15, 0.2) is 0 Å². The quantitative estimate of drug-likeness (QED) is 0.787. The lowest BCUT2D eigenvalue weighted by atomic mass is 9.81. The first kappa shape index (κ1) is 16.7. The average molecular weight is 317 g/mol. The molecule has 1 aliphatic heterocycles. The Bertz CT molecular complexity index is 472. The lowest BCUT2D eigenvalue weighted by molar-refractivity contribution is -0.140. The molecule has 0 aromatic heterocycles. The van der Waals surface area contributed by atoms with E-state index < -0.39 is 15.6 Å². The third kappa shape index (κ3) is 4.66. The molecule has 2 fully saturated rings. The van der Waals surface area contributed by atoms with E-state index in [1.54, 1.807) is 0 Å². The highest BCUT2D eigenvalue weighted by Crippen LogP contribution is 2.29. The van der Waals surface area contributed by atoms with Crippen LogP contribution in [0.15, 0.2) is 0 Å². The van der Waals surface area contributed by atoms with Gasteiger partial charge in [0.25, 0.3) is 0 Å². The minimum absolute atomic E-state index is 0.0613. The molecule has 122 valence electrons. The number of carbonyl (C=O) groups excluding carboxylic acids is 1. The minimum atomic E-state index is -3.17. The molecule has 0 aromatic carbocycles. The maximum absolute atomic E-state index is 12.7. The normalized spacial score (nSPS) is 26.6. The highest BCUT2D eigenvalue weighted by atomic mass is 32.2. The van der Waals surface area contributed by atoms with Gasteiger partial charge in [0.05, 0.1) is 11.8 Å². The van der Waals surface area contributed by atoms with Crippen LogP contribution in [0.5, 0.6) is 0 Å². The van der Waals surface area contributed by atoms with E-state index in [0.29, 0.717) is 13.1 Å². The highest BCUT2D eigenvalue weighted by molar-refractivity contribution is 7.88. The summed E-state index contributed by atoms with van der Waals surface area (Å²) in [7, 11) is -3.17. The summed E-state index contributed by atoms with van der Waals surface area (Å²) in [5.41, 5.74) is 5.63. The topological polar surface area (TPSA) is 92.5 Å². The summed E-state index contributed by atoms with van der Waals surface area (Å²) < 4.78 is 24.9. The van der Waals surface area contributed by atoms with Gasteiger partial charge in [0, 0.05) is 19.6 Å². The second-order valence-corrected chi connectivity index (χ2v) is 8.43. The van der Waals surface area contributed by atoms with Crippen molar-refractivity contribution in [3.63, 3.8) is 0 Å². The molecule has 2 rings (SSSR count). The number of nitrogens with two attached hydrogens (primary N) is 1. The van der Waals surface area contributed by atoms with Crippen molar-refractivity contribution in [1.29, 1.82) is 0 Å². The van der Waals surface area contributed by atoms with Crippen LogP contribution >= 0.6 is 0 Å². The van der Waals surface area contributed by atoms with Crippen LogP contribution in [0, 0.1) is 5.92 Å². The number of nitrogens with one attached hydrogen (secondary N) is 1. The van der Waals surface area contributed by atoms with Crippen molar-refractivity contribution in [2.24, 2.45) is 11.7 Å². The van der Waals surface area contributed by atoms with Crippen molar-refractivity contribution in [2.75, 3.05) is 25.9 Å². The Labute approximate surface area is 127 Å². The van der Waals surface area contributed by atoms with E-state index in [9.17, 15) is 13.2 Å². The van der Waals surface area contributed by atoms with Gasteiger partial charge in [0.2, 0.25) is 15.9 Å². The second-order valence-electron chi connectivity index (χ2n) is 6.60. The fourth-order valence-corrected chi connectivity index (χ4v) is 3.94. The molecule has 1 amide bonds. The maximum Gasteiger partial charge on any atom is 0.242 e. The van der Waals surface area contributed by atoms with Crippen molar-refractivity contribution in [3.8, 4) is 0 Å². The first-order valence-corrected chi connectivity index (χ1v) is 9.72. The number of hydrogen-bond donors (Lipinski definition) is 2. The van der Waals surface area contributed by atoms with E-state index in [0.717, 1.165) is 57.7 Å². The number of hydrogen-bond acceptors (Lipinski definition) is 4. The van der Waals surface area contributed by atoms with E-state index in [-0.39, 0.29) is 11.8 Å². The highest BCUT2D eigenvalue weighted by Gasteiger charge is 2.39. The van der Waals surface area contributed by atoms with Gasteiger partial charge in [-0.25, -0.2) is 13.1 Å². The number of carbonyl (C=O) groups is 1. The van der Waals surface area contributed by atoms with Gasteiger partial charge in [-0.05, 0) is 31.6 Å². The first-order chi connectivity index (χ1) is 9.80. The predicted octanol–water partition coefficient (Wildman–Crippen LogP) is 0.436. The Morgan fingerprint density at radius 3 is 2.57 bits per heavy atom. The monoisotopic (exact) mass is 317 g/mol. The maximum atomic E-state index is 12.7. The predicted molar refractivity (Wildman–Crippen MR) is 82.2 cm³/mol. The van der Waals surface area contributed by atoms with Crippen LogP contribution in [-0.2, 0) is 14.8 Å². The molecule has 7 heteroatoms. The van der Waals surface area contributed by atoms with Crippen molar-refractivity contribution < 1.29 is 13.2 Å². The van der Waals surface area contributed by atoms with Crippen LogP contribution in [-0.4, -0.2) is 50.7 Å². The van der Waals surface area contributed by atoms with Gasteiger partial charge in [-0.1, -0.05) is 19.3 Å². The van der Waals surface area contributed by atoms with Gasteiger partial charge in [0.1, 0.15) is 0 Å². The third-order valence-corrected chi connectivity index (χ3v) is 5.30. The van der Waals surface area contributed by atoms with Crippen LogP contribution in [0.25, 0.3) is 0 Å². The van der Waals surface area contributed by atoms with Crippen molar-refractivity contribution in [3.05, 3.63) is 0 Å². The van der Waals surface area contributed by atoms with E-state index >= 15 is 0 Å². The van der Waals surface area contributed by atoms with E-state index in [2.05, 4.69) is 4.72 Å². The van der Waals surface area contributed by atoms with Crippen molar-refractivity contribution in [2.45, 2.75) is 50.5 Å². The molecule has 0 aromatic rings. The van der Waals surface area contributed by atoms with Crippen molar-refractivity contribution in [1.82, 2.24) is 9.62 Å². The average Bonchev–Trinajstić information content (AvgIpc) is 2.45. The van der Waals surface area contributed by atoms with E-state index in [1.165, 1.54) is 0 Å². The summed E-state index contributed by atoms with van der Waals surface area (Å²) in [6.07, 6.45) is 7.78. The molecule has 0 spiro atoms. The van der Waals surface area contributed by atoms with Crippen molar-refractivity contribution >= 4 is 15.9 Å². The van der Waals surface area contributed by atoms with Gasteiger partial charge >= 0.3 is 0 Å². The molecular formula is C14H27N3O3S. The summed E-state index contributed by atoms with van der Waals surface area (Å²) in [6.45, 7) is 1.76. The molecule has 21 heavy (non-hydrogen) atoms. The zero-order chi connectivity index (χ0) is 15.5. The first-order valence-electron chi connectivity index (χ1n) is 7.83. The standard InChI is InChI=1S/C14H27N3O3S/c1-21(19,20)16-10-12-6-5-9-17(11-12)13(18)14(15)7-3-2-4-8-14/h12,16H,2-11,15H2,1H3. The molecule has 1 saturated carbocycles. The Morgan fingerprint density at radius 2 is 1.95 bits per heavy atom. The number of rotatable bonds is 4. The lowest BCUT2D eigenvalue weighted by Crippen LogP contribution is -2.58. The molecule has 1 aliphatic carbocycles. The van der Waals surface area contributed by atoms with Gasteiger partial charge < -0.3 is 10.6 Å². The zero-order valence-corrected chi connectivity index (χ0v) is 13.6. The van der Waals surface area contributed by atoms with Crippen LogP contribution in [0.4, 0.5) is 0 Å². The molecule has 0 bridgehead atoms. The number of amides is 1. The smallest absolute Gasteiger partial charge is 0.242 e. The Kier molecular flexibility index (Phi) is 5.27. The molecule has 2 aliphatic rings. The fraction of sp³-hybridized carbons (Fsp3) is 0.929. The van der Waals surface area contributed by atoms with Gasteiger partial charge in [-0.15, -0.1) is 0 Å². The summed E-state index contributed by atoms with van der Waals surface area (Å²) in [4.78, 5) is 14.5. The largest absolute Gasteiger partial charge is 0.341 e. The van der Waals surface area contributed by atoms with Crippen LogP contribution in [0.3, 0.4) is 0 Å². The SMILES string of the molecule is CS(=O)(=O)NCC1CCCN(C(=O)C2(N)CCCCC2)C1. The molecule has 1 unspecified atom stereocenters. The second kappa shape index (κ2) is 6.62. The Morgan fingerprint density at radius 1 is 1.29 bits per heavy atom. The van der Waals surface area contributed by atoms with Crippen LogP contribution in [0.1, 0.15) is 44.9 Å². The summed E-state index contributed by atoms with van der Waals surface area (Å²) in [5, 5.41) is 0. The molecule has 1 heterocycles. The van der Waals surface area contributed by atoms with E-state index in [4.69, 9.17) is 5.73 Å².